The molecule has 0 bridgehead atoms. The van der Waals surface area contributed by atoms with Crippen molar-refractivity contribution in [2.75, 3.05) is 0 Å². The molecule has 2 unspecified atom stereocenters. The molecule has 118 valence electrons. The van der Waals surface area contributed by atoms with Crippen LogP contribution >= 0.6 is 0 Å². The van der Waals surface area contributed by atoms with Crippen molar-refractivity contribution in [1.29, 1.82) is 0 Å². The number of nitrogens with zero attached hydrogens (tertiary/aromatic N) is 1. The zero-order valence-electron chi connectivity index (χ0n) is 14.4. The van der Waals surface area contributed by atoms with Gasteiger partial charge in [0.1, 0.15) is 7.05 Å². The normalized spacial score (nSPS) is 24.6. The summed E-state index contributed by atoms with van der Waals surface area (Å²) >= 11 is 0. The van der Waals surface area contributed by atoms with E-state index in [1.165, 1.54) is 61.8 Å². The fourth-order valence-corrected chi connectivity index (χ4v) is 5.73. The second kappa shape index (κ2) is 4.93. The van der Waals surface area contributed by atoms with E-state index in [-0.39, 0.29) is 0 Å². The van der Waals surface area contributed by atoms with Crippen molar-refractivity contribution in [2.24, 2.45) is 7.05 Å². The van der Waals surface area contributed by atoms with Crippen molar-refractivity contribution < 1.29 is 4.57 Å². The molecule has 23 heavy (non-hydrogen) atoms. The molecule has 3 aliphatic carbocycles. The highest BCUT2D eigenvalue weighted by Gasteiger charge is 2.42. The maximum Gasteiger partial charge on any atom is 0.216 e. The van der Waals surface area contributed by atoms with Gasteiger partial charge in [-0.3, -0.25) is 0 Å². The van der Waals surface area contributed by atoms with Crippen LogP contribution in [0.25, 0.3) is 11.3 Å². The van der Waals surface area contributed by atoms with Crippen LogP contribution in [0, 0.1) is 6.92 Å². The molecule has 0 fully saturated rings. The molecule has 0 amide bonds. The standard InChI is InChI=1S/C22H26N/c1-14-6-3-4-8-17(14)22-18-13-12-16-11-10-15-7-5-9-19(23(22)2)21(15)20(16)18/h3-4,6,8,15-16H,5,7,9-13H2,1-2H3/q+1. The van der Waals surface area contributed by atoms with Crippen molar-refractivity contribution in [1.82, 2.24) is 0 Å². The molecule has 0 spiro atoms. The van der Waals surface area contributed by atoms with Crippen molar-refractivity contribution in [3.8, 4) is 11.3 Å². The van der Waals surface area contributed by atoms with Gasteiger partial charge in [0.15, 0.2) is 5.69 Å². The first-order chi connectivity index (χ1) is 11.3. The van der Waals surface area contributed by atoms with E-state index in [4.69, 9.17) is 0 Å². The Balaban J connectivity index is 1.86. The van der Waals surface area contributed by atoms with Crippen LogP contribution in [0.1, 0.15) is 71.9 Å². The lowest BCUT2D eigenvalue weighted by Crippen LogP contribution is -2.42. The van der Waals surface area contributed by atoms with Gasteiger partial charge in [0.2, 0.25) is 5.69 Å². The Morgan fingerprint density at radius 1 is 0.913 bits per heavy atom. The Labute approximate surface area is 139 Å². The molecule has 0 saturated carbocycles. The second-order valence-corrected chi connectivity index (χ2v) is 7.88. The zero-order chi connectivity index (χ0) is 15.6. The minimum atomic E-state index is 0.858. The number of hydrogen-bond acceptors (Lipinski definition) is 0. The van der Waals surface area contributed by atoms with Crippen molar-refractivity contribution in [3.05, 3.63) is 52.2 Å². The summed E-state index contributed by atoms with van der Waals surface area (Å²) in [6.07, 6.45) is 9.63. The van der Waals surface area contributed by atoms with Gasteiger partial charge < -0.3 is 0 Å². The minimum absolute atomic E-state index is 0.858. The summed E-state index contributed by atoms with van der Waals surface area (Å²) in [6.45, 7) is 2.27. The molecule has 3 aliphatic rings. The summed E-state index contributed by atoms with van der Waals surface area (Å²) in [4.78, 5) is 0. The third kappa shape index (κ3) is 1.83. The van der Waals surface area contributed by atoms with E-state index < -0.39 is 0 Å². The summed E-state index contributed by atoms with van der Waals surface area (Å²) in [5.74, 6) is 1.72. The fraction of sp³-hybridized carbons (Fsp3) is 0.500. The summed E-state index contributed by atoms with van der Waals surface area (Å²) in [7, 11) is 2.33. The SMILES string of the molecule is Cc1ccccc1-c1c2c3c4c([n+]1C)CCCC4CCC3CC2. The molecule has 0 aliphatic heterocycles. The molecule has 5 rings (SSSR count). The van der Waals surface area contributed by atoms with E-state index >= 15 is 0 Å². The lowest BCUT2D eigenvalue weighted by atomic mass is 9.71. The maximum absolute atomic E-state index is 2.58. The quantitative estimate of drug-likeness (QED) is 0.671. The molecular weight excluding hydrogens is 278 g/mol. The topological polar surface area (TPSA) is 3.88 Å². The summed E-state index contributed by atoms with van der Waals surface area (Å²) in [5.41, 5.74) is 11.3. The monoisotopic (exact) mass is 304 g/mol. The number of aryl methyl sites for hydroxylation is 1. The molecule has 2 aromatic rings. The van der Waals surface area contributed by atoms with E-state index in [0.29, 0.717) is 0 Å². The van der Waals surface area contributed by atoms with E-state index in [1.807, 2.05) is 0 Å². The van der Waals surface area contributed by atoms with Crippen LogP contribution in [-0.4, -0.2) is 0 Å². The molecule has 0 radical (unpaired) electrons. The van der Waals surface area contributed by atoms with Gasteiger partial charge in [0.25, 0.3) is 0 Å². The molecule has 1 aromatic carbocycles. The van der Waals surface area contributed by atoms with Crippen LogP contribution < -0.4 is 4.57 Å². The molecule has 1 heteroatoms. The van der Waals surface area contributed by atoms with Gasteiger partial charge in [0, 0.05) is 23.1 Å². The predicted octanol–water partition coefficient (Wildman–Crippen LogP) is 4.73. The highest BCUT2D eigenvalue weighted by Crippen LogP contribution is 2.52. The summed E-state index contributed by atoms with van der Waals surface area (Å²) in [5, 5.41) is 0. The van der Waals surface area contributed by atoms with E-state index in [2.05, 4.69) is 42.8 Å². The minimum Gasteiger partial charge on any atom is -0.198 e. The third-order valence-corrected chi connectivity index (χ3v) is 6.74. The Morgan fingerprint density at radius 2 is 1.70 bits per heavy atom. The third-order valence-electron chi connectivity index (χ3n) is 6.74. The summed E-state index contributed by atoms with van der Waals surface area (Å²) in [6, 6.07) is 8.97. The number of hydrogen-bond donors (Lipinski definition) is 0. The van der Waals surface area contributed by atoms with Crippen LogP contribution in [0.5, 0.6) is 0 Å². The van der Waals surface area contributed by atoms with Gasteiger partial charge in [-0.15, -0.1) is 0 Å². The number of rotatable bonds is 1. The zero-order valence-corrected chi connectivity index (χ0v) is 14.4. The van der Waals surface area contributed by atoms with Crippen molar-refractivity contribution in [2.45, 2.75) is 63.7 Å². The number of benzene rings is 1. The van der Waals surface area contributed by atoms with Gasteiger partial charge in [-0.25, -0.2) is 0 Å². The lowest BCUT2D eigenvalue weighted by Gasteiger charge is -2.33. The first-order valence-corrected chi connectivity index (χ1v) is 9.39. The largest absolute Gasteiger partial charge is 0.216 e. The van der Waals surface area contributed by atoms with Crippen LogP contribution in [0.2, 0.25) is 0 Å². The average molecular weight is 304 g/mol. The van der Waals surface area contributed by atoms with E-state index in [0.717, 1.165) is 11.8 Å². The molecule has 0 N–H and O–H groups in total. The molecule has 2 atom stereocenters. The fourth-order valence-electron chi connectivity index (χ4n) is 5.73. The van der Waals surface area contributed by atoms with Crippen LogP contribution in [0.15, 0.2) is 24.3 Å². The van der Waals surface area contributed by atoms with Gasteiger partial charge in [-0.05, 0) is 74.5 Å². The molecule has 1 nitrogen and oxygen atoms in total. The number of pyridine rings is 1. The van der Waals surface area contributed by atoms with Gasteiger partial charge in [0.05, 0.1) is 0 Å². The Bertz CT molecular complexity index is 802. The first kappa shape index (κ1) is 13.8. The van der Waals surface area contributed by atoms with E-state index in [1.54, 1.807) is 22.4 Å². The van der Waals surface area contributed by atoms with Crippen LogP contribution in [0.3, 0.4) is 0 Å². The lowest BCUT2D eigenvalue weighted by molar-refractivity contribution is -0.669. The van der Waals surface area contributed by atoms with Crippen molar-refractivity contribution >= 4 is 0 Å². The molecular formula is C22H26N+. The van der Waals surface area contributed by atoms with Gasteiger partial charge >= 0.3 is 0 Å². The summed E-state index contributed by atoms with van der Waals surface area (Å²) < 4.78 is 2.58. The molecule has 0 saturated heterocycles. The van der Waals surface area contributed by atoms with Gasteiger partial charge in [-0.1, -0.05) is 18.2 Å². The highest BCUT2D eigenvalue weighted by atomic mass is 15.0. The van der Waals surface area contributed by atoms with Crippen molar-refractivity contribution in [3.63, 3.8) is 0 Å². The Hall–Kier alpha value is -1.63. The number of aromatic nitrogens is 1. The van der Waals surface area contributed by atoms with Crippen LogP contribution in [0.4, 0.5) is 0 Å². The smallest absolute Gasteiger partial charge is 0.198 e. The first-order valence-electron chi connectivity index (χ1n) is 9.39. The molecule has 1 aromatic heterocycles. The van der Waals surface area contributed by atoms with Gasteiger partial charge in [-0.2, -0.15) is 4.57 Å². The Kier molecular flexibility index (Phi) is 2.95. The van der Waals surface area contributed by atoms with Crippen LogP contribution in [-0.2, 0) is 19.9 Å². The predicted molar refractivity (Wildman–Crippen MR) is 93.8 cm³/mol. The Morgan fingerprint density at radius 3 is 2.52 bits per heavy atom. The highest BCUT2D eigenvalue weighted by molar-refractivity contribution is 5.68. The average Bonchev–Trinajstić information content (AvgIpc) is 3.00. The molecule has 1 heterocycles. The van der Waals surface area contributed by atoms with E-state index in [9.17, 15) is 0 Å². The maximum atomic E-state index is 2.58. The second-order valence-electron chi connectivity index (χ2n) is 7.88.